The summed E-state index contributed by atoms with van der Waals surface area (Å²) in [6.45, 7) is 4.89. The van der Waals surface area contributed by atoms with Crippen LogP contribution < -0.4 is 0 Å². The van der Waals surface area contributed by atoms with Crippen LogP contribution in [-0.4, -0.2) is 24.3 Å². The van der Waals surface area contributed by atoms with Crippen molar-refractivity contribution in [1.82, 2.24) is 0 Å². The first-order chi connectivity index (χ1) is 9.46. The number of Topliss-reactive ketones (excluding diaryl/α,β-unsaturated/α-hetero) is 1. The molecule has 0 unspecified atom stereocenters. The smallest absolute Gasteiger partial charge is 0.399 e. The highest BCUT2D eigenvalue weighted by Gasteiger charge is 2.47. The van der Waals surface area contributed by atoms with Crippen LogP contribution in [0.4, 0.5) is 8.78 Å². The van der Waals surface area contributed by atoms with E-state index >= 15 is 0 Å². The molecule has 0 spiro atoms. The third-order valence-electron chi connectivity index (χ3n) is 2.94. The van der Waals surface area contributed by atoms with Gasteiger partial charge in [-0.1, -0.05) is 31.8 Å². The van der Waals surface area contributed by atoms with Gasteiger partial charge in [-0.25, -0.2) is 4.79 Å². The van der Waals surface area contributed by atoms with Gasteiger partial charge in [-0.3, -0.25) is 4.79 Å². The second-order valence-electron chi connectivity index (χ2n) is 4.67. The van der Waals surface area contributed by atoms with Crippen LogP contribution in [0.5, 0.6) is 0 Å². The van der Waals surface area contributed by atoms with Crippen LogP contribution in [0.2, 0.25) is 0 Å². The average Bonchev–Trinajstić information content (AvgIpc) is 2.41. The van der Waals surface area contributed by atoms with E-state index in [0.29, 0.717) is 6.42 Å². The molecule has 5 heteroatoms. The molecule has 0 rings (SSSR count). The van der Waals surface area contributed by atoms with Crippen molar-refractivity contribution in [3.05, 3.63) is 12.7 Å². The molecule has 0 aromatic heterocycles. The molecule has 0 saturated heterocycles. The number of carbonyl (C=O) groups excluding carboxylic acids is 2. The third kappa shape index (κ3) is 7.36. The number of ether oxygens (including phenoxy) is 1. The summed E-state index contributed by atoms with van der Waals surface area (Å²) >= 11 is 0. The van der Waals surface area contributed by atoms with Crippen LogP contribution in [0.15, 0.2) is 12.7 Å². The van der Waals surface area contributed by atoms with Gasteiger partial charge in [0, 0.05) is 6.42 Å². The standard InChI is InChI=1S/C15H24F2O3/c1-3-5-6-7-8-9-10-11-12-13(18)15(16,17)14(19)20-4-2/h3H,1,4-12H2,2H3. The molecule has 0 radical (unpaired) electrons. The molecule has 0 bridgehead atoms. The van der Waals surface area contributed by atoms with Crippen molar-refractivity contribution in [2.75, 3.05) is 6.61 Å². The quantitative estimate of drug-likeness (QED) is 0.235. The largest absolute Gasteiger partial charge is 0.461 e. The Bertz CT molecular complexity index is 314. The molecule has 0 saturated carbocycles. The fourth-order valence-corrected chi connectivity index (χ4v) is 1.77. The summed E-state index contributed by atoms with van der Waals surface area (Å²) in [5.74, 6) is -7.09. The lowest BCUT2D eigenvalue weighted by molar-refractivity contribution is -0.176. The van der Waals surface area contributed by atoms with E-state index in [1.807, 2.05) is 6.08 Å². The number of hydrogen-bond acceptors (Lipinski definition) is 3. The highest BCUT2D eigenvalue weighted by molar-refractivity contribution is 6.05. The maximum Gasteiger partial charge on any atom is 0.399 e. The second-order valence-corrected chi connectivity index (χ2v) is 4.67. The summed E-state index contributed by atoms with van der Waals surface area (Å²) in [6, 6.07) is 0. The number of alkyl halides is 2. The van der Waals surface area contributed by atoms with E-state index in [0.717, 1.165) is 38.5 Å². The molecule has 3 nitrogen and oxygen atoms in total. The van der Waals surface area contributed by atoms with Crippen LogP contribution >= 0.6 is 0 Å². The van der Waals surface area contributed by atoms with Gasteiger partial charge in [0.15, 0.2) is 0 Å². The predicted octanol–water partition coefficient (Wildman–Crippen LogP) is 4.06. The Balaban J connectivity index is 3.76. The minimum absolute atomic E-state index is 0.160. The van der Waals surface area contributed by atoms with Gasteiger partial charge in [-0.2, -0.15) is 8.78 Å². The van der Waals surface area contributed by atoms with Crippen LogP contribution in [0.3, 0.4) is 0 Å². The zero-order chi connectivity index (χ0) is 15.4. The summed E-state index contributed by atoms with van der Waals surface area (Å²) in [5.41, 5.74) is 0. The summed E-state index contributed by atoms with van der Waals surface area (Å²) in [4.78, 5) is 22.2. The third-order valence-corrected chi connectivity index (χ3v) is 2.94. The van der Waals surface area contributed by atoms with Crippen molar-refractivity contribution >= 4 is 11.8 Å². The van der Waals surface area contributed by atoms with Gasteiger partial charge in [-0.15, -0.1) is 6.58 Å². The van der Waals surface area contributed by atoms with Crippen molar-refractivity contribution in [3.8, 4) is 0 Å². The summed E-state index contributed by atoms with van der Waals surface area (Å²) in [6.07, 6.45) is 7.79. The van der Waals surface area contributed by atoms with E-state index in [4.69, 9.17) is 0 Å². The first kappa shape index (κ1) is 18.7. The van der Waals surface area contributed by atoms with Crippen LogP contribution in [0.1, 0.15) is 58.3 Å². The van der Waals surface area contributed by atoms with Gasteiger partial charge in [0.05, 0.1) is 6.61 Å². The molecule has 0 amide bonds. The Morgan fingerprint density at radius 2 is 1.65 bits per heavy atom. The summed E-state index contributed by atoms with van der Waals surface area (Å²) in [7, 11) is 0. The SMILES string of the molecule is C=CCCCCCCCCC(=O)C(F)(F)C(=O)OCC. The zero-order valence-electron chi connectivity index (χ0n) is 12.1. The number of ketones is 1. The lowest BCUT2D eigenvalue weighted by Gasteiger charge is -2.13. The lowest BCUT2D eigenvalue weighted by Crippen LogP contribution is -2.39. The Morgan fingerprint density at radius 1 is 1.10 bits per heavy atom. The minimum Gasteiger partial charge on any atom is -0.461 e. The number of unbranched alkanes of at least 4 members (excludes halogenated alkanes) is 6. The fourth-order valence-electron chi connectivity index (χ4n) is 1.77. The van der Waals surface area contributed by atoms with Crippen molar-refractivity contribution in [2.24, 2.45) is 0 Å². The number of hydrogen-bond donors (Lipinski definition) is 0. The van der Waals surface area contributed by atoms with E-state index in [2.05, 4.69) is 11.3 Å². The van der Waals surface area contributed by atoms with Crippen molar-refractivity contribution in [1.29, 1.82) is 0 Å². The van der Waals surface area contributed by atoms with E-state index in [1.54, 1.807) is 0 Å². The van der Waals surface area contributed by atoms with Gasteiger partial charge in [-0.05, 0) is 26.2 Å². The normalized spacial score (nSPS) is 11.2. The Morgan fingerprint density at radius 3 is 2.20 bits per heavy atom. The Hall–Kier alpha value is -1.26. The minimum atomic E-state index is -4.00. The molecular formula is C15H24F2O3. The highest BCUT2D eigenvalue weighted by Crippen LogP contribution is 2.21. The number of allylic oxidation sites excluding steroid dienone is 1. The molecule has 0 heterocycles. The molecule has 20 heavy (non-hydrogen) atoms. The number of carbonyl (C=O) groups is 2. The first-order valence-corrected chi connectivity index (χ1v) is 7.16. The van der Waals surface area contributed by atoms with Gasteiger partial charge >= 0.3 is 11.9 Å². The van der Waals surface area contributed by atoms with E-state index in [9.17, 15) is 18.4 Å². The molecule has 0 aromatic rings. The topological polar surface area (TPSA) is 43.4 Å². The molecule has 0 fully saturated rings. The number of esters is 1. The Labute approximate surface area is 119 Å². The van der Waals surface area contributed by atoms with Crippen LogP contribution in [0, 0.1) is 0 Å². The summed E-state index contributed by atoms with van der Waals surface area (Å²) in [5, 5.41) is 0. The van der Waals surface area contributed by atoms with Gasteiger partial charge in [0.1, 0.15) is 0 Å². The van der Waals surface area contributed by atoms with Gasteiger partial charge < -0.3 is 4.74 Å². The van der Waals surface area contributed by atoms with Crippen LogP contribution in [0.25, 0.3) is 0 Å². The molecule has 0 N–H and O–H groups in total. The molecule has 116 valence electrons. The first-order valence-electron chi connectivity index (χ1n) is 7.16. The number of halogens is 2. The molecule has 0 aliphatic carbocycles. The fraction of sp³-hybridized carbons (Fsp3) is 0.733. The highest BCUT2D eigenvalue weighted by atomic mass is 19.3. The average molecular weight is 290 g/mol. The predicted molar refractivity (Wildman–Crippen MR) is 73.7 cm³/mol. The van der Waals surface area contributed by atoms with Gasteiger partial charge in [0.25, 0.3) is 0 Å². The van der Waals surface area contributed by atoms with E-state index in [-0.39, 0.29) is 13.0 Å². The molecule has 0 atom stereocenters. The zero-order valence-corrected chi connectivity index (χ0v) is 12.1. The lowest BCUT2D eigenvalue weighted by atomic mass is 10.0. The molecule has 0 aliphatic heterocycles. The van der Waals surface area contributed by atoms with Crippen molar-refractivity contribution in [2.45, 2.75) is 64.2 Å². The Kier molecular flexibility index (Phi) is 9.86. The van der Waals surface area contributed by atoms with E-state index in [1.165, 1.54) is 6.92 Å². The molecule has 0 aliphatic rings. The number of rotatable bonds is 12. The summed E-state index contributed by atoms with van der Waals surface area (Å²) < 4.78 is 30.8. The second kappa shape index (κ2) is 10.5. The maximum atomic E-state index is 13.3. The van der Waals surface area contributed by atoms with E-state index < -0.39 is 17.7 Å². The van der Waals surface area contributed by atoms with Crippen molar-refractivity contribution in [3.63, 3.8) is 0 Å². The van der Waals surface area contributed by atoms with Gasteiger partial charge in [0.2, 0.25) is 5.78 Å². The molecular weight excluding hydrogens is 266 g/mol. The monoisotopic (exact) mass is 290 g/mol. The van der Waals surface area contributed by atoms with Crippen molar-refractivity contribution < 1.29 is 23.1 Å². The van der Waals surface area contributed by atoms with Crippen LogP contribution in [-0.2, 0) is 14.3 Å². The molecule has 0 aromatic carbocycles. The maximum absolute atomic E-state index is 13.3.